The summed E-state index contributed by atoms with van der Waals surface area (Å²) in [6.07, 6.45) is 1.34. The van der Waals surface area contributed by atoms with Crippen molar-refractivity contribution in [1.29, 1.82) is 0 Å². The molecule has 0 atom stereocenters. The lowest BCUT2D eigenvalue weighted by Crippen LogP contribution is -2.11. The summed E-state index contributed by atoms with van der Waals surface area (Å²) >= 11 is 7.58. The number of benzene rings is 2. The van der Waals surface area contributed by atoms with E-state index in [9.17, 15) is 4.79 Å². The lowest BCUT2D eigenvalue weighted by molar-refractivity contribution is -0.116. The molecule has 5 heteroatoms. The fourth-order valence-electron chi connectivity index (χ4n) is 1.98. The molecule has 0 saturated carbocycles. The summed E-state index contributed by atoms with van der Waals surface area (Å²) in [6, 6.07) is 15.2. The van der Waals surface area contributed by atoms with E-state index in [2.05, 4.69) is 5.32 Å². The fourth-order valence-corrected chi connectivity index (χ4v) is 2.96. The van der Waals surface area contributed by atoms with E-state index < -0.39 is 0 Å². The number of carbonyl (C=O) groups excluding carboxylic acids is 1. The first kappa shape index (κ1) is 17.7. The van der Waals surface area contributed by atoms with E-state index in [-0.39, 0.29) is 5.91 Å². The first-order valence-electron chi connectivity index (χ1n) is 7.58. The molecule has 0 heterocycles. The molecule has 2 rings (SSSR count). The van der Waals surface area contributed by atoms with E-state index in [4.69, 9.17) is 16.3 Å². The summed E-state index contributed by atoms with van der Waals surface area (Å²) in [5, 5.41) is 3.64. The molecule has 0 bridgehead atoms. The van der Waals surface area contributed by atoms with Gasteiger partial charge in [0.15, 0.2) is 0 Å². The predicted molar refractivity (Wildman–Crippen MR) is 97.7 cm³/mol. The van der Waals surface area contributed by atoms with Gasteiger partial charge in [0.2, 0.25) is 5.91 Å². The quantitative estimate of drug-likeness (QED) is 0.522. The molecule has 0 aliphatic carbocycles. The van der Waals surface area contributed by atoms with E-state index >= 15 is 0 Å². The van der Waals surface area contributed by atoms with Gasteiger partial charge in [-0.1, -0.05) is 11.6 Å². The Hall–Kier alpha value is -1.65. The number of rotatable bonds is 8. The molecule has 0 radical (unpaired) electrons. The lowest BCUT2D eigenvalue weighted by Gasteiger charge is -2.07. The maximum absolute atomic E-state index is 11.9. The second-order valence-corrected chi connectivity index (χ2v) is 6.52. The number of thioether (sulfide) groups is 1. The van der Waals surface area contributed by atoms with Crippen molar-refractivity contribution in [2.24, 2.45) is 0 Å². The Morgan fingerprint density at radius 2 is 1.83 bits per heavy atom. The second kappa shape index (κ2) is 9.48. The summed E-state index contributed by atoms with van der Waals surface area (Å²) in [5.41, 5.74) is 0.795. The molecular weight excluding hydrogens is 330 g/mol. The van der Waals surface area contributed by atoms with Crippen molar-refractivity contribution in [1.82, 2.24) is 0 Å². The van der Waals surface area contributed by atoms with E-state index in [0.717, 1.165) is 28.6 Å². The third-order valence-corrected chi connectivity index (χ3v) is 4.43. The fraction of sp³-hybridized carbons (Fsp3) is 0.278. The molecule has 0 saturated heterocycles. The smallest absolute Gasteiger partial charge is 0.224 e. The van der Waals surface area contributed by atoms with Gasteiger partial charge in [0.1, 0.15) is 5.75 Å². The number of ether oxygens (including phenoxy) is 1. The molecule has 0 aromatic heterocycles. The molecule has 0 aliphatic rings. The first-order valence-corrected chi connectivity index (χ1v) is 8.95. The number of nitrogens with one attached hydrogen (secondary N) is 1. The highest BCUT2D eigenvalue weighted by Crippen LogP contribution is 2.21. The molecule has 0 spiro atoms. The Balaban J connectivity index is 1.67. The third-order valence-electron chi connectivity index (χ3n) is 3.08. The number of hydrogen-bond donors (Lipinski definition) is 1. The number of carbonyl (C=O) groups is 1. The molecule has 2 aromatic carbocycles. The van der Waals surface area contributed by atoms with Gasteiger partial charge >= 0.3 is 0 Å². The zero-order valence-corrected chi connectivity index (χ0v) is 14.6. The SMILES string of the molecule is CCOc1ccc(NC(=O)CCCSc2ccc(Cl)cc2)cc1. The molecule has 3 nitrogen and oxygen atoms in total. The van der Waals surface area contributed by atoms with Gasteiger partial charge in [-0.05, 0) is 67.6 Å². The number of halogens is 1. The van der Waals surface area contributed by atoms with Gasteiger partial charge in [0.05, 0.1) is 6.61 Å². The topological polar surface area (TPSA) is 38.3 Å². The maximum atomic E-state index is 11.9. The minimum atomic E-state index is 0.0332. The lowest BCUT2D eigenvalue weighted by atomic mass is 10.2. The van der Waals surface area contributed by atoms with Gasteiger partial charge in [-0.15, -0.1) is 11.8 Å². The van der Waals surface area contributed by atoms with Gasteiger partial charge < -0.3 is 10.1 Å². The second-order valence-electron chi connectivity index (χ2n) is 4.91. The van der Waals surface area contributed by atoms with Crippen LogP contribution in [0, 0.1) is 0 Å². The largest absolute Gasteiger partial charge is 0.494 e. The van der Waals surface area contributed by atoms with Crippen molar-refractivity contribution in [3.05, 3.63) is 53.6 Å². The van der Waals surface area contributed by atoms with Crippen molar-refractivity contribution in [2.45, 2.75) is 24.7 Å². The average molecular weight is 350 g/mol. The van der Waals surface area contributed by atoms with E-state index in [1.807, 2.05) is 55.5 Å². The monoisotopic (exact) mass is 349 g/mol. The van der Waals surface area contributed by atoms with Crippen LogP contribution in [0.4, 0.5) is 5.69 Å². The molecule has 1 N–H and O–H groups in total. The number of hydrogen-bond acceptors (Lipinski definition) is 3. The van der Waals surface area contributed by atoms with Gasteiger partial charge in [-0.3, -0.25) is 4.79 Å². The Morgan fingerprint density at radius 1 is 1.13 bits per heavy atom. The molecule has 2 aromatic rings. The molecule has 0 fully saturated rings. The summed E-state index contributed by atoms with van der Waals surface area (Å²) in [4.78, 5) is 13.1. The predicted octanol–water partition coefficient (Wildman–Crippen LogP) is 5.25. The Labute approximate surface area is 146 Å². The highest BCUT2D eigenvalue weighted by molar-refractivity contribution is 7.99. The highest BCUT2D eigenvalue weighted by atomic mass is 35.5. The van der Waals surface area contributed by atoms with Gasteiger partial charge in [-0.2, -0.15) is 0 Å². The molecule has 0 unspecified atom stereocenters. The van der Waals surface area contributed by atoms with Crippen LogP contribution in [0.25, 0.3) is 0 Å². The normalized spacial score (nSPS) is 10.3. The summed E-state index contributed by atoms with van der Waals surface area (Å²) in [7, 11) is 0. The Kier molecular flexibility index (Phi) is 7.30. The highest BCUT2D eigenvalue weighted by Gasteiger charge is 2.03. The zero-order valence-electron chi connectivity index (χ0n) is 13.0. The van der Waals surface area contributed by atoms with Crippen LogP contribution in [-0.2, 0) is 4.79 Å². The maximum Gasteiger partial charge on any atom is 0.224 e. The van der Waals surface area contributed by atoms with Gasteiger partial charge in [0, 0.05) is 22.0 Å². The Bertz CT molecular complexity index is 614. The molecule has 0 aliphatic heterocycles. The van der Waals surface area contributed by atoms with Crippen LogP contribution in [-0.4, -0.2) is 18.3 Å². The van der Waals surface area contributed by atoms with Crippen LogP contribution in [0.15, 0.2) is 53.4 Å². The van der Waals surface area contributed by atoms with Crippen LogP contribution < -0.4 is 10.1 Å². The van der Waals surface area contributed by atoms with Crippen molar-refractivity contribution in [3.8, 4) is 5.75 Å². The summed E-state index contributed by atoms with van der Waals surface area (Å²) in [5.74, 6) is 1.74. The standard InChI is InChI=1S/C18H20ClNO2S/c1-2-22-16-9-7-15(8-10-16)20-18(21)4-3-13-23-17-11-5-14(19)6-12-17/h5-12H,2-4,13H2,1H3,(H,20,21). The van der Waals surface area contributed by atoms with E-state index in [0.29, 0.717) is 13.0 Å². The minimum absolute atomic E-state index is 0.0332. The average Bonchev–Trinajstić information content (AvgIpc) is 2.55. The molecular formula is C18H20ClNO2S. The molecule has 23 heavy (non-hydrogen) atoms. The summed E-state index contributed by atoms with van der Waals surface area (Å²) < 4.78 is 5.37. The minimum Gasteiger partial charge on any atom is -0.494 e. The van der Waals surface area contributed by atoms with E-state index in [1.54, 1.807) is 11.8 Å². The molecule has 122 valence electrons. The van der Waals surface area contributed by atoms with Crippen molar-refractivity contribution >= 4 is 35.0 Å². The number of amides is 1. The third kappa shape index (κ3) is 6.55. The van der Waals surface area contributed by atoms with Gasteiger partial charge in [-0.25, -0.2) is 0 Å². The van der Waals surface area contributed by atoms with Crippen molar-refractivity contribution < 1.29 is 9.53 Å². The first-order chi connectivity index (χ1) is 11.2. The number of anilines is 1. The molecule has 1 amide bonds. The van der Waals surface area contributed by atoms with Crippen LogP contribution in [0.5, 0.6) is 5.75 Å². The van der Waals surface area contributed by atoms with Crippen LogP contribution >= 0.6 is 23.4 Å². The van der Waals surface area contributed by atoms with Crippen LogP contribution in [0.3, 0.4) is 0 Å². The Morgan fingerprint density at radius 3 is 2.48 bits per heavy atom. The van der Waals surface area contributed by atoms with Crippen LogP contribution in [0.2, 0.25) is 5.02 Å². The van der Waals surface area contributed by atoms with Crippen molar-refractivity contribution in [3.63, 3.8) is 0 Å². The van der Waals surface area contributed by atoms with Gasteiger partial charge in [0.25, 0.3) is 0 Å². The van der Waals surface area contributed by atoms with E-state index in [1.165, 1.54) is 4.90 Å². The van der Waals surface area contributed by atoms with Crippen LogP contribution in [0.1, 0.15) is 19.8 Å². The van der Waals surface area contributed by atoms with Crippen molar-refractivity contribution in [2.75, 3.05) is 17.7 Å². The summed E-state index contributed by atoms with van der Waals surface area (Å²) in [6.45, 7) is 2.58. The zero-order chi connectivity index (χ0) is 16.5.